The van der Waals surface area contributed by atoms with Gasteiger partial charge in [-0.15, -0.1) is 0 Å². The van der Waals surface area contributed by atoms with Crippen LogP contribution in [-0.2, 0) is 15.8 Å². The van der Waals surface area contributed by atoms with Gasteiger partial charge in [-0.05, 0) is 0 Å². The summed E-state index contributed by atoms with van der Waals surface area (Å²) in [5.74, 6) is 0.565. The largest absolute Gasteiger partial charge is 0.367 e. The van der Waals surface area contributed by atoms with Crippen molar-refractivity contribution in [3.63, 3.8) is 0 Å². The van der Waals surface area contributed by atoms with Crippen molar-refractivity contribution in [2.45, 2.75) is 6.54 Å². The molecule has 0 saturated carbocycles. The maximum Gasteiger partial charge on any atom is 0.350 e. The number of hydrogen-bond donors (Lipinski definition) is 2. The number of aromatic nitrogens is 5. The van der Waals surface area contributed by atoms with E-state index in [9.17, 15) is 4.57 Å². The Morgan fingerprint density at radius 3 is 2.95 bits per heavy atom. The molecule has 0 spiro atoms. The summed E-state index contributed by atoms with van der Waals surface area (Å²) in [7, 11) is -4.12. The molecule has 0 saturated heterocycles. The highest BCUT2D eigenvalue weighted by molar-refractivity contribution is 7.51. The van der Waals surface area contributed by atoms with Crippen molar-refractivity contribution in [2.75, 3.05) is 13.0 Å². The van der Waals surface area contributed by atoms with Gasteiger partial charge >= 0.3 is 7.60 Å². The third-order valence-electron chi connectivity index (χ3n) is 2.73. The molecule has 0 bridgehead atoms. The average Bonchev–Trinajstić information content (AvgIpc) is 2.99. The van der Waals surface area contributed by atoms with Gasteiger partial charge in [0.15, 0.2) is 0 Å². The van der Waals surface area contributed by atoms with Crippen LogP contribution in [0.5, 0.6) is 0 Å². The highest BCUT2D eigenvalue weighted by atomic mass is 31.2. The second-order valence-corrected chi connectivity index (χ2v) is 5.79. The summed E-state index contributed by atoms with van der Waals surface area (Å²) in [6.07, 6.45) is 6.10. The Morgan fingerprint density at radius 1 is 1.30 bits per heavy atom. The molecule has 0 aromatic carbocycles. The van der Waals surface area contributed by atoms with Gasteiger partial charge in [-0.3, -0.25) is 8.97 Å². The number of rotatable bonds is 5. The minimum absolute atomic E-state index is 0.176. The molecule has 0 unspecified atom stereocenters. The third kappa shape index (κ3) is 2.56. The molecule has 0 aliphatic rings. The molecule has 0 aliphatic heterocycles. The van der Waals surface area contributed by atoms with E-state index in [1.54, 1.807) is 29.3 Å². The van der Waals surface area contributed by atoms with E-state index in [4.69, 9.17) is 14.5 Å². The summed E-state index contributed by atoms with van der Waals surface area (Å²) in [4.78, 5) is 29.9. The van der Waals surface area contributed by atoms with E-state index < -0.39 is 13.9 Å². The second-order valence-electron chi connectivity index (χ2n) is 4.20. The van der Waals surface area contributed by atoms with E-state index in [0.717, 1.165) is 5.65 Å². The third-order valence-corrected chi connectivity index (χ3v) is 3.24. The predicted octanol–water partition coefficient (Wildman–Crippen LogP) is 0.231. The fourth-order valence-corrected chi connectivity index (χ4v) is 2.30. The van der Waals surface area contributed by atoms with Crippen LogP contribution >= 0.6 is 7.60 Å². The molecule has 3 aromatic rings. The van der Waals surface area contributed by atoms with Gasteiger partial charge in [0.25, 0.3) is 0 Å². The van der Waals surface area contributed by atoms with Gasteiger partial charge in [0.2, 0.25) is 5.78 Å². The molecule has 3 rings (SSSR count). The maximum atomic E-state index is 10.7. The number of hydrogen-bond acceptors (Lipinski definition) is 5. The lowest BCUT2D eigenvalue weighted by Crippen LogP contribution is -2.08. The Bertz CT molecular complexity index is 791. The lowest BCUT2D eigenvalue weighted by atomic mass is 10.5. The van der Waals surface area contributed by atoms with E-state index >= 15 is 0 Å². The number of fused-ring (bicyclic) bond motifs is 3. The molecule has 2 N–H and O–H groups in total. The molecular formula is C10H12N5O4P. The van der Waals surface area contributed by atoms with E-state index in [1.165, 1.54) is 0 Å². The molecule has 0 aliphatic carbocycles. The van der Waals surface area contributed by atoms with Crippen LogP contribution in [0.25, 0.3) is 16.9 Å². The Morgan fingerprint density at radius 2 is 2.15 bits per heavy atom. The fraction of sp³-hybridized carbons (Fsp3) is 0.300. The standard InChI is InChI=1S/C10H12N5O4P/c16-20(17,18)7-19-4-3-14-6-13-8-5-12-10-11-1-2-15(10)9(8)14/h1-2,5-6H,3-4,7H2,(H2,16,17,18). The summed E-state index contributed by atoms with van der Waals surface area (Å²) in [5.41, 5.74) is 1.53. The number of ether oxygens (including phenoxy) is 1. The molecular weight excluding hydrogens is 285 g/mol. The zero-order chi connectivity index (χ0) is 14.2. The number of nitrogens with zero attached hydrogens (tertiary/aromatic N) is 5. The smallest absolute Gasteiger partial charge is 0.350 e. The molecule has 106 valence electrons. The minimum atomic E-state index is -4.12. The van der Waals surface area contributed by atoms with Gasteiger partial charge < -0.3 is 19.1 Å². The van der Waals surface area contributed by atoms with Crippen molar-refractivity contribution in [1.29, 1.82) is 0 Å². The van der Waals surface area contributed by atoms with Gasteiger partial charge in [-0.25, -0.2) is 15.0 Å². The summed E-state index contributed by atoms with van der Waals surface area (Å²) in [6.45, 7) is 0.600. The van der Waals surface area contributed by atoms with E-state index in [2.05, 4.69) is 15.0 Å². The van der Waals surface area contributed by atoms with Gasteiger partial charge in [-0.1, -0.05) is 0 Å². The zero-order valence-electron chi connectivity index (χ0n) is 10.3. The quantitative estimate of drug-likeness (QED) is 0.511. The van der Waals surface area contributed by atoms with Crippen LogP contribution in [-0.4, -0.2) is 46.7 Å². The van der Waals surface area contributed by atoms with Crippen molar-refractivity contribution in [2.24, 2.45) is 0 Å². The van der Waals surface area contributed by atoms with Gasteiger partial charge in [0.1, 0.15) is 17.5 Å². The van der Waals surface area contributed by atoms with Crippen LogP contribution in [0.3, 0.4) is 0 Å². The van der Waals surface area contributed by atoms with E-state index in [-0.39, 0.29) is 6.61 Å². The molecule has 20 heavy (non-hydrogen) atoms. The highest BCUT2D eigenvalue weighted by Gasteiger charge is 2.13. The highest BCUT2D eigenvalue weighted by Crippen LogP contribution is 2.33. The number of imidazole rings is 2. The molecule has 0 amide bonds. The second kappa shape index (κ2) is 4.95. The first kappa shape index (κ1) is 13.2. The molecule has 9 nitrogen and oxygen atoms in total. The maximum absolute atomic E-state index is 10.7. The molecule has 3 aromatic heterocycles. The summed E-state index contributed by atoms with van der Waals surface area (Å²) in [5, 5.41) is 0. The Balaban J connectivity index is 1.81. The zero-order valence-corrected chi connectivity index (χ0v) is 11.2. The molecule has 0 atom stereocenters. The minimum Gasteiger partial charge on any atom is -0.367 e. The van der Waals surface area contributed by atoms with Crippen molar-refractivity contribution in [1.82, 2.24) is 23.9 Å². The molecule has 10 heteroatoms. The summed E-state index contributed by atoms with van der Waals surface area (Å²) >= 11 is 0. The monoisotopic (exact) mass is 297 g/mol. The predicted molar refractivity (Wildman–Crippen MR) is 69.1 cm³/mol. The topological polar surface area (TPSA) is 115 Å². The summed E-state index contributed by atoms with van der Waals surface area (Å²) in [6, 6.07) is 0. The Hall–Kier alpha value is -1.80. The van der Waals surface area contributed by atoms with Crippen molar-refractivity contribution in [3.05, 3.63) is 24.9 Å². The van der Waals surface area contributed by atoms with Crippen molar-refractivity contribution >= 4 is 24.5 Å². The normalized spacial score (nSPS) is 12.5. The van der Waals surface area contributed by atoms with Crippen LogP contribution in [0.4, 0.5) is 0 Å². The molecule has 0 fully saturated rings. The first-order valence-electron chi connectivity index (χ1n) is 5.80. The van der Waals surface area contributed by atoms with Gasteiger partial charge in [0, 0.05) is 18.9 Å². The fourth-order valence-electron chi connectivity index (χ4n) is 1.93. The van der Waals surface area contributed by atoms with Gasteiger partial charge in [-0.2, -0.15) is 0 Å². The van der Waals surface area contributed by atoms with Gasteiger partial charge in [0.05, 0.1) is 19.1 Å². The molecule has 3 heterocycles. The Kier molecular flexibility index (Phi) is 3.27. The van der Waals surface area contributed by atoms with Crippen LogP contribution in [0.2, 0.25) is 0 Å². The lowest BCUT2D eigenvalue weighted by Gasteiger charge is -2.07. The van der Waals surface area contributed by atoms with Crippen LogP contribution in [0.1, 0.15) is 0 Å². The van der Waals surface area contributed by atoms with Crippen LogP contribution < -0.4 is 0 Å². The van der Waals surface area contributed by atoms with E-state index in [1.807, 2.05) is 4.57 Å². The molecule has 0 radical (unpaired) electrons. The average molecular weight is 297 g/mol. The lowest BCUT2D eigenvalue weighted by molar-refractivity contribution is 0.149. The van der Waals surface area contributed by atoms with Crippen molar-refractivity contribution in [3.8, 4) is 0 Å². The van der Waals surface area contributed by atoms with Crippen molar-refractivity contribution < 1.29 is 19.1 Å². The first-order valence-corrected chi connectivity index (χ1v) is 7.59. The van der Waals surface area contributed by atoms with E-state index in [0.29, 0.717) is 17.8 Å². The first-order chi connectivity index (χ1) is 9.54. The summed E-state index contributed by atoms with van der Waals surface area (Å²) < 4.78 is 19.3. The van der Waals surface area contributed by atoms with Crippen LogP contribution in [0, 0.1) is 0 Å². The van der Waals surface area contributed by atoms with Crippen LogP contribution in [0.15, 0.2) is 24.9 Å². The SMILES string of the molecule is O=P(O)(O)COCCn1cnc2cnc3nccn3c21. The Labute approximate surface area is 113 Å².